The Hall–Kier alpha value is -6.20. The van der Waals surface area contributed by atoms with Crippen molar-refractivity contribution in [1.82, 2.24) is 0 Å². The second kappa shape index (κ2) is 13.3. The molecule has 0 amide bonds. The summed E-state index contributed by atoms with van der Waals surface area (Å²) in [7, 11) is 0. The molecule has 0 unspecified atom stereocenters. The van der Waals surface area contributed by atoms with E-state index in [2.05, 4.69) is 23.2 Å². The minimum Gasteiger partial charge on any atom is -0.429 e. The Morgan fingerprint density at radius 1 is 0.588 bits per heavy atom. The Morgan fingerprint density at radius 2 is 1.24 bits per heavy atom. The van der Waals surface area contributed by atoms with Crippen molar-refractivity contribution in [3.8, 4) is 40.6 Å². The largest absolute Gasteiger partial charge is 0.458 e. The molecule has 0 aromatic heterocycles. The van der Waals surface area contributed by atoms with Crippen LogP contribution in [0, 0.1) is 52.8 Å². The quantitative estimate of drug-likeness (QED) is 0.128. The van der Waals surface area contributed by atoms with Gasteiger partial charge in [0.2, 0.25) is 0 Å². The summed E-state index contributed by atoms with van der Waals surface area (Å²) in [5, 5.41) is 0.990. The number of ether oxygens (including phenoxy) is 1. The average molecular weight is 705 g/mol. The van der Waals surface area contributed by atoms with E-state index in [4.69, 9.17) is 0 Å². The minimum atomic E-state index is -5.04. The number of halogens is 10. The molecule has 254 valence electrons. The summed E-state index contributed by atoms with van der Waals surface area (Å²) >= 11 is 0. The fourth-order valence-electron chi connectivity index (χ4n) is 5.27. The second-order valence-corrected chi connectivity index (χ2v) is 11.1. The predicted molar refractivity (Wildman–Crippen MR) is 173 cm³/mol. The molecule has 0 saturated heterocycles. The SMILES string of the molecule is C=Cc1ccc2cc(C#Cc3ccc(-c4cc(F)c(C(F)(F)Oc5ccc6c(F)c(C#CC(F)(F)F)c(F)cc6c5)c(F)c4)c(F)c3)ccc2c1. The van der Waals surface area contributed by atoms with Gasteiger partial charge in [0.1, 0.15) is 40.4 Å². The minimum absolute atomic E-state index is 0.233. The van der Waals surface area contributed by atoms with Gasteiger partial charge in [0.25, 0.3) is 0 Å². The molecule has 11 heteroatoms. The standard InChI is InChI=1S/C40H18F10O/c1-2-22-5-8-26-16-23(6-9-25(26)15-22)3-4-24-7-11-30(33(41)17-24)28-20-35(43)37(36(44)21-28)40(49,50)51-29-10-12-31-27(18-29)19-34(42)32(38(31)45)13-14-39(46,47)48/h2,5-12,15-21H,1H2. The van der Waals surface area contributed by atoms with Crippen molar-refractivity contribution in [3.63, 3.8) is 0 Å². The van der Waals surface area contributed by atoms with Crippen molar-refractivity contribution in [2.75, 3.05) is 0 Å². The molecule has 6 aromatic carbocycles. The highest BCUT2D eigenvalue weighted by Gasteiger charge is 2.41. The Kier molecular flexibility index (Phi) is 9.01. The molecule has 0 N–H and O–H groups in total. The van der Waals surface area contributed by atoms with E-state index in [1.807, 2.05) is 30.3 Å². The van der Waals surface area contributed by atoms with Crippen molar-refractivity contribution < 1.29 is 48.6 Å². The first kappa shape index (κ1) is 34.7. The van der Waals surface area contributed by atoms with E-state index in [1.165, 1.54) is 18.1 Å². The summed E-state index contributed by atoms with van der Waals surface area (Å²) in [5.74, 6) is -0.495. The van der Waals surface area contributed by atoms with Crippen LogP contribution in [0.3, 0.4) is 0 Å². The molecule has 0 saturated carbocycles. The lowest BCUT2D eigenvalue weighted by Gasteiger charge is -2.20. The average Bonchev–Trinajstić information content (AvgIpc) is 3.05. The van der Waals surface area contributed by atoms with E-state index < -0.39 is 74.6 Å². The van der Waals surface area contributed by atoms with E-state index in [-0.39, 0.29) is 11.1 Å². The summed E-state index contributed by atoms with van der Waals surface area (Å²) in [6, 6.07) is 18.6. The predicted octanol–water partition coefficient (Wildman–Crippen LogP) is 11.4. The zero-order valence-electron chi connectivity index (χ0n) is 25.6. The van der Waals surface area contributed by atoms with Crippen molar-refractivity contribution in [2.45, 2.75) is 12.3 Å². The number of alkyl halides is 5. The van der Waals surface area contributed by atoms with Crippen LogP contribution < -0.4 is 4.74 Å². The number of rotatable bonds is 5. The summed E-state index contributed by atoms with van der Waals surface area (Å²) < 4.78 is 146. The van der Waals surface area contributed by atoms with Crippen LogP contribution in [0.5, 0.6) is 5.75 Å². The van der Waals surface area contributed by atoms with Crippen molar-refractivity contribution in [2.24, 2.45) is 0 Å². The molecular formula is C40H18F10O. The molecule has 0 aliphatic carbocycles. The van der Waals surface area contributed by atoms with Gasteiger partial charge >= 0.3 is 12.3 Å². The third-order valence-electron chi connectivity index (χ3n) is 7.64. The smallest absolute Gasteiger partial charge is 0.429 e. The molecule has 0 heterocycles. The highest BCUT2D eigenvalue weighted by molar-refractivity contribution is 5.87. The van der Waals surface area contributed by atoms with Crippen molar-refractivity contribution >= 4 is 27.6 Å². The Bertz CT molecular complexity index is 2490. The summed E-state index contributed by atoms with van der Waals surface area (Å²) in [5.41, 5.74) is -1.92. The first-order chi connectivity index (χ1) is 24.1. The maximum atomic E-state index is 15.1. The molecule has 0 bridgehead atoms. The fraction of sp³-hybridized carbons (Fsp3) is 0.0500. The fourth-order valence-corrected chi connectivity index (χ4v) is 5.27. The van der Waals surface area contributed by atoms with Gasteiger partial charge in [-0.05, 0) is 94.0 Å². The topological polar surface area (TPSA) is 9.23 Å². The van der Waals surface area contributed by atoms with Crippen LogP contribution in [0.1, 0.15) is 27.8 Å². The molecule has 0 spiro atoms. The molecule has 0 aliphatic rings. The summed E-state index contributed by atoms with van der Waals surface area (Å²) in [6.45, 7) is 3.74. The molecule has 0 fully saturated rings. The van der Waals surface area contributed by atoms with Crippen LogP contribution in [0.2, 0.25) is 0 Å². The van der Waals surface area contributed by atoms with Crippen LogP contribution in [0.4, 0.5) is 43.9 Å². The van der Waals surface area contributed by atoms with Crippen molar-refractivity contribution in [3.05, 3.63) is 154 Å². The number of hydrogen-bond acceptors (Lipinski definition) is 1. The Morgan fingerprint density at radius 3 is 1.90 bits per heavy atom. The molecule has 0 radical (unpaired) electrons. The molecular weight excluding hydrogens is 686 g/mol. The molecule has 6 rings (SSSR count). The van der Waals surface area contributed by atoms with Crippen LogP contribution >= 0.6 is 0 Å². The summed E-state index contributed by atoms with van der Waals surface area (Å²) in [4.78, 5) is 0. The maximum absolute atomic E-state index is 15.1. The lowest BCUT2D eigenvalue weighted by atomic mass is 10.00. The van der Waals surface area contributed by atoms with Crippen LogP contribution in [0.15, 0.2) is 97.6 Å². The first-order valence-electron chi connectivity index (χ1n) is 14.7. The zero-order valence-corrected chi connectivity index (χ0v) is 25.6. The zero-order chi connectivity index (χ0) is 36.7. The lowest BCUT2D eigenvalue weighted by molar-refractivity contribution is -0.189. The van der Waals surface area contributed by atoms with Gasteiger partial charge in [-0.2, -0.15) is 22.0 Å². The summed E-state index contributed by atoms with van der Waals surface area (Å²) in [6.07, 6.45) is -8.00. The Labute approximate surface area is 283 Å². The second-order valence-electron chi connectivity index (χ2n) is 11.1. The normalized spacial score (nSPS) is 11.5. The van der Waals surface area contributed by atoms with Gasteiger partial charge in [-0.3, -0.25) is 0 Å². The van der Waals surface area contributed by atoms with Gasteiger partial charge in [0.15, 0.2) is 0 Å². The van der Waals surface area contributed by atoms with E-state index >= 15 is 22.0 Å². The first-order valence-corrected chi connectivity index (χ1v) is 14.7. The van der Waals surface area contributed by atoms with Gasteiger partial charge in [0.05, 0.1) is 5.56 Å². The van der Waals surface area contributed by atoms with E-state index in [0.29, 0.717) is 29.8 Å². The van der Waals surface area contributed by atoms with E-state index in [0.717, 1.165) is 40.5 Å². The maximum Gasteiger partial charge on any atom is 0.458 e. The van der Waals surface area contributed by atoms with Crippen LogP contribution in [-0.2, 0) is 6.11 Å². The van der Waals surface area contributed by atoms with E-state index in [1.54, 1.807) is 12.1 Å². The molecule has 6 aromatic rings. The van der Waals surface area contributed by atoms with Crippen LogP contribution in [0.25, 0.3) is 38.7 Å². The van der Waals surface area contributed by atoms with Gasteiger partial charge < -0.3 is 4.74 Å². The number of benzene rings is 6. The molecule has 0 atom stereocenters. The Balaban J connectivity index is 1.24. The van der Waals surface area contributed by atoms with E-state index in [9.17, 15) is 22.0 Å². The molecule has 1 nitrogen and oxygen atoms in total. The highest BCUT2D eigenvalue weighted by atomic mass is 19.4. The number of hydrogen-bond donors (Lipinski definition) is 0. The monoisotopic (exact) mass is 704 g/mol. The van der Waals surface area contributed by atoms with Gasteiger partial charge in [-0.15, -0.1) is 0 Å². The third-order valence-corrected chi connectivity index (χ3v) is 7.64. The van der Waals surface area contributed by atoms with Crippen molar-refractivity contribution in [1.29, 1.82) is 0 Å². The van der Waals surface area contributed by atoms with Gasteiger partial charge in [-0.25, -0.2) is 22.0 Å². The van der Waals surface area contributed by atoms with Gasteiger partial charge in [-0.1, -0.05) is 54.7 Å². The highest BCUT2D eigenvalue weighted by Crippen LogP contribution is 2.39. The lowest BCUT2D eigenvalue weighted by Crippen LogP contribution is -2.25. The molecule has 0 aliphatic heterocycles. The number of fused-ring (bicyclic) bond motifs is 2. The molecule has 51 heavy (non-hydrogen) atoms. The third kappa shape index (κ3) is 7.38. The van der Waals surface area contributed by atoms with Crippen LogP contribution in [-0.4, -0.2) is 6.18 Å². The van der Waals surface area contributed by atoms with Gasteiger partial charge in [0, 0.05) is 28.0 Å².